The molecule has 0 aliphatic rings. The highest BCUT2D eigenvalue weighted by Crippen LogP contribution is 2.28. The van der Waals surface area contributed by atoms with E-state index >= 15 is 0 Å². The lowest BCUT2D eigenvalue weighted by atomic mass is 10.2. The maximum Gasteiger partial charge on any atom is 0.417 e. The molecule has 0 aliphatic carbocycles. The zero-order valence-electron chi connectivity index (χ0n) is 13.7. The number of hydrogen-bond donors (Lipinski definition) is 1. The summed E-state index contributed by atoms with van der Waals surface area (Å²) in [7, 11) is 0. The van der Waals surface area contributed by atoms with Crippen LogP contribution in [0.2, 0.25) is 5.02 Å². The quantitative estimate of drug-likeness (QED) is 0.837. The Balaban J connectivity index is 2.30. The van der Waals surface area contributed by atoms with Crippen LogP contribution in [0.3, 0.4) is 0 Å². The van der Waals surface area contributed by atoms with Crippen molar-refractivity contribution in [3.63, 3.8) is 0 Å². The van der Waals surface area contributed by atoms with Gasteiger partial charge in [0.05, 0.1) is 17.4 Å². The first-order valence-corrected chi connectivity index (χ1v) is 8.76. The van der Waals surface area contributed by atoms with E-state index in [0.717, 1.165) is 16.8 Å². The molecular formula is C15H16ClF3N4OS. The molecule has 0 atom stereocenters. The van der Waals surface area contributed by atoms with Gasteiger partial charge in [0.2, 0.25) is 0 Å². The second-order valence-corrected chi connectivity index (χ2v) is 7.70. The first-order valence-electron chi connectivity index (χ1n) is 7.15. The summed E-state index contributed by atoms with van der Waals surface area (Å²) in [5.74, 6) is -0.0455. The molecule has 0 aromatic carbocycles. The highest BCUT2D eigenvalue weighted by Gasteiger charge is 2.30. The van der Waals surface area contributed by atoms with Gasteiger partial charge in [0.25, 0.3) is 5.56 Å². The largest absolute Gasteiger partial charge is 0.417 e. The molecule has 0 fully saturated rings. The minimum absolute atomic E-state index is 0.0455. The third-order valence-corrected chi connectivity index (χ3v) is 5.08. The maximum atomic E-state index is 12.6. The highest BCUT2D eigenvalue weighted by atomic mass is 35.5. The predicted octanol–water partition coefficient (Wildman–Crippen LogP) is 3.85. The van der Waals surface area contributed by atoms with Crippen molar-refractivity contribution < 1.29 is 13.2 Å². The third-order valence-electron chi connectivity index (χ3n) is 3.47. The van der Waals surface area contributed by atoms with Crippen molar-refractivity contribution in [1.29, 1.82) is 0 Å². The molecule has 2 rings (SSSR count). The van der Waals surface area contributed by atoms with Crippen LogP contribution in [0.15, 0.2) is 29.3 Å². The standard InChI is InChI=1S/C15H16ClF3N4OS/c1-14(2,25-3)8-21-10-7-22-23(13(24)12(10)16)11-5-4-9(6-20-11)15(17,18)19/h4-7,21H,8H2,1-3H3. The van der Waals surface area contributed by atoms with Crippen molar-refractivity contribution in [2.45, 2.75) is 24.8 Å². The van der Waals surface area contributed by atoms with Gasteiger partial charge in [-0.3, -0.25) is 4.79 Å². The Kier molecular flexibility index (Phi) is 5.68. The Hall–Kier alpha value is -1.74. The van der Waals surface area contributed by atoms with Crippen LogP contribution in [0.5, 0.6) is 0 Å². The average Bonchev–Trinajstić information content (AvgIpc) is 2.55. The Morgan fingerprint density at radius 1 is 1.28 bits per heavy atom. The molecule has 1 N–H and O–H groups in total. The molecule has 0 aliphatic heterocycles. The van der Waals surface area contributed by atoms with Gasteiger partial charge >= 0.3 is 6.18 Å². The van der Waals surface area contributed by atoms with Crippen LogP contribution in [0.4, 0.5) is 18.9 Å². The number of aromatic nitrogens is 3. The number of pyridine rings is 1. The molecule has 5 nitrogen and oxygen atoms in total. The van der Waals surface area contributed by atoms with Crippen molar-refractivity contribution in [2.75, 3.05) is 18.1 Å². The lowest BCUT2D eigenvalue weighted by Gasteiger charge is -2.23. The van der Waals surface area contributed by atoms with Crippen molar-refractivity contribution in [3.05, 3.63) is 45.5 Å². The first-order chi connectivity index (χ1) is 11.5. The molecule has 0 spiro atoms. The fourth-order valence-electron chi connectivity index (χ4n) is 1.78. The molecule has 2 aromatic heterocycles. The van der Waals surface area contributed by atoms with Crippen molar-refractivity contribution >= 4 is 29.1 Å². The molecule has 0 radical (unpaired) electrons. The van der Waals surface area contributed by atoms with Gasteiger partial charge in [0.1, 0.15) is 5.02 Å². The summed E-state index contributed by atoms with van der Waals surface area (Å²) in [6.45, 7) is 4.61. The van der Waals surface area contributed by atoms with E-state index in [4.69, 9.17) is 11.6 Å². The average molecular weight is 393 g/mol. The molecule has 136 valence electrons. The lowest BCUT2D eigenvalue weighted by Crippen LogP contribution is -2.28. The monoisotopic (exact) mass is 392 g/mol. The molecule has 0 amide bonds. The molecule has 0 unspecified atom stereocenters. The van der Waals surface area contributed by atoms with Crippen LogP contribution in [-0.4, -0.2) is 32.3 Å². The van der Waals surface area contributed by atoms with Gasteiger partial charge in [-0.25, -0.2) is 4.98 Å². The highest BCUT2D eigenvalue weighted by molar-refractivity contribution is 7.99. The molecule has 10 heteroatoms. The number of halogens is 4. The summed E-state index contributed by atoms with van der Waals surface area (Å²) < 4.78 is 38.5. The number of thioether (sulfide) groups is 1. The predicted molar refractivity (Wildman–Crippen MR) is 93.7 cm³/mol. The van der Waals surface area contributed by atoms with Crippen LogP contribution in [-0.2, 0) is 6.18 Å². The summed E-state index contributed by atoms with van der Waals surface area (Å²) in [4.78, 5) is 16.0. The van der Waals surface area contributed by atoms with E-state index in [9.17, 15) is 18.0 Å². The van der Waals surface area contributed by atoms with Crippen LogP contribution >= 0.6 is 23.4 Å². The van der Waals surface area contributed by atoms with E-state index < -0.39 is 17.3 Å². The van der Waals surface area contributed by atoms with Gasteiger partial charge < -0.3 is 5.32 Å². The van der Waals surface area contributed by atoms with Gasteiger partial charge in [-0.15, -0.1) is 0 Å². The van der Waals surface area contributed by atoms with E-state index in [0.29, 0.717) is 18.4 Å². The molecule has 0 saturated heterocycles. The molecule has 0 saturated carbocycles. The summed E-state index contributed by atoms with van der Waals surface area (Å²) in [6, 6.07) is 1.90. The van der Waals surface area contributed by atoms with Gasteiger partial charge in [-0.2, -0.15) is 34.7 Å². The summed E-state index contributed by atoms with van der Waals surface area (Å²) in [6.07, 6.45) is -0.542. The van der Waals surface area contributed by atoms with Crippen molar-refractivity contribution in [3.8, 4) is 5.82 Å². The summed E-state index contributed by atoms with van der Waals surface area (Å²) >= 11 is 7.72. The van der Waals surface area contributed by atoms with Crippen molar-refractivity contribution in [1.82, 2.24) is 14.8 Å². The van der Waals surface area contributed by atoms with Crippen LogP contribution in [0.1, 0.15) is 19.4 Å². The second kappa shape index (κ2) is 7.25. The van der Waals surface area contributed by atoms with E-state index in [1.807, 2.05) is 20.1 Å². The SMILES string of the molecule is CSC(C)(C)CNc1cnn(-c2ccc(C(F)(F)F)cn2)c(=O)c1Cl. The Labute approximate surface area is 151 Å². The second-order valence-electron chi connectivity index (χ2n) is 5.81. The topological polar surface area (TPSA) is 59.8 Å². The third kappa shape index (κ3) is 4.66. The molecule has 25 heavy (non-hydrogen) atoms. The number of hydrogen-bond acceptors (Lipinski definition) is 5. The zero-order valence-corrected chi connectivity index (χ0v) is 15.3. The number of nitrogens with zero attached hydrogens (tertiary/aromatic N) is 3. The summed E-state index contributed by atoms with van der Waals surface area (Å²) in [5.41, 5.74) is -1.22. The smallest absolute Gasteiger partial charge is 0.381 e. The Morgan fingerprint density at radius 2 is 1.96 bits per heavy atom. The first kappa shape index (κ1) is 19.6. The van der Waals surface area contributed by atoms with E-state index in [2.05, 4.69) is 15.4 Å². The van der Waals surface area contributed by atoms with Crippen LogP contribution < -0.4 is 10.9 Å². The molecule has 2 heterocycles. The van der Waals surface area contributed by atoms with Crippen molar-refractivity contribution in [2.24, 2.45) is 0 Å². The lowest BCUT2D eigenvalue weighted by molar-refractivity contribution is -0.137. The van der Waals surface area contributed by atoms with Crippen LogP contribution in [0.25, 0.3) is 5.82 Å². The number of rotatable bonds is 5. The molecule has 0 bridgehead atoms. The van der Waals surface area contributed by atoms with Gasteiger partial charge in [0, 0.05) is 17.5 Å². The zero-order chi connectivity index (χ0) is 18.8. The fourth-order valence-corrected chi connectivity index (χ4v) is 2.19. The van der Waals surface area contributed by atoms with Gasteiger partial charge in [0.15, 0.2) is 5.82 Å². The Bertz CT molecular complexity index is 806. The van der Waals surface area contributed by atoms with Gasteiger partial charge in [-0.1, -0.05) is 11.6 Å². The molecular weight excluding hydrogens is 377 g/mol. The Morgan fingerprint density at radius 3 is 2.48 bits per heavy atom. The number of alkyl halides is 3. The number of nitrogens with one attached hydrogen (secondary N) is 1. The minimum atomic E-state index is -4.50. The van der Waals surface area contributed by atoms with Gasteiger partial charge in [-0.05, 0) is 32.2 Å². The van der Waals surface area contributed by atoms with E-state index in [-0.39, 0.29) is 15.6 Å². The van der Waals surface area contributed by atoms with E-state index in [1.54, 1.807) is 11.8 Å². The normalized spacial score (nSPS) is 12.3. The van der Waals surface area contributed by atoms with Crippen LogP contribution in [0, 0.1) is 0 Å². The fraction of sp³-hybridized carbons (Fsp3) is 0.400. The summed E-state index contributed by atoms with van der Waals surface area (Å²) in [5, 5.41) is 6.89. The maximum absolute atomic E-state index is 12.6. The van der Waals surface area contributed by atoms with E-state index in [1.165, 1.54) is 6.20 Å². The number of anilines is 1. The minimum Gasteiger partial charge on any atom is -0.381 e. The molecule has 2 aromatic rings.